The van der Waals surface area contributed by atoms with Gasteiger partial charge in [-0.15, -0.1) is 0 Å². The van der Waals surface area contributed by atoms with Crippen LogP contribution in [0.5, 0.6) is 0 Å². The van der Waals surface area contributed by atoms with Crippen LogP contribution in [0, 0.1) is 11.3 Å². The first-order valence-electron chi connectivity index (χ1n) is 7.13. The van der Waals surface area contributed by atoms with Crippen LogP contribution in [-0.2, 0) is 14.2 Å². The van der Waals surface area contributed by atoms with Crippen LogP contribution in [0.4, 0.5) is 0 Å². The number of hydrogen-bond donors (Lipinski definition) is 1. The number of aromatic nitrogens is 2. The fraction of sp³-hybridized carbons (Fsp3) is 0.643. The minimum atomic E-state index is -0.810. The summed E-state index contributed by atoms with van der Waals surface area (Å²) in [7, 11) is 0. The minimum absolute atomic E-state index is 0.0671. The topological polar surface area (TPSA) is 106 Å². The van der Waals surface area contributed by atoms with Crippen LogP contribution in [0.3, 0.4) is 0 Å². The maximum atomic E-state index is 12.1. The molecule has 8 nitrogen and oxygen atoms in total. The highest BCUT2D eigenvalue weighted by atomic mass is 16.8. The molecule has 2 fully saturated rings. The Morgan fingerprint density at radius 3 is 2.68 bits per heavy atom. The van der Waals surface area contributed by atoms with Gasteiger partial charge in [-0.05, 0) is 20.3 Å². The molecule has 0 bridgehead atoms. The quantitative estimate of drug-likeness (QED) is 0.838. The summed E-state index contributed by atoms with van der Waals surface area (Å²) in [4.78, 5) is 25.7. The average Bonchev–Trinajstić information content (AvgIpc) is 2.91. The van der Waals surface area contributed by atoms with E-state index in [4.69, 9.17) is 14.2 Å². The van der Waals surface area contributed by atoms with Gasteiger partial charge in [0.25, 0.3) is 5.56 Å². The fourth-order valence-electron chi connectivity index (χ4n) is 3.04. The first-order valence-corrected chi connectivity index (χ1v) is 7.13. The van der Waals surface area contributed by atoms with Gasteiger partial charge in [-0.2, -0.15) is 5.26 Å². The molecule has 0 aliphatic carbocycles. The number of ether oxygens (including phenoxy) is 3. The third kappa shape index (κ3) is 2.27. The molecule has 3 heterocycles. The van der Waals surface area contributed by atoms with Gasteiger partial charge >= 0.3 is 5.69 Å². The molecule has 2 aliphatic rings. The largest absolute Gasteiger partial charge is 0.349 e. The molecule has 0 radical (unpaired) electrons. The van der Waals surface area contributed by atoms with Crippen molar-refractivity contribution in [3.63, 3.8) is 0 Å². The average molecular weight is 307 g/mol. The summed E-state index contributed by atoms with van der Waals surface area (Å²) in [5, 5.41) is 9.20. The monoisotopic (exact) mass is 307 g/mol. The van der Waals surface area contributed by atoms with E-state index in [1.54, 1.807) is 13.8 Å². The lowest BCUT2D eigenvalue weighted by molar-refractivity contribution is -0.197. The SMILES string of the molecule is CC[C@H]1O[C@@H](n2c(C#N)cc(=O)[nH]c2=O)C2OC(C)(C)O[C@H]21. The van der Waals surface area contributed by atoms with Crippen molar-refractivity contribution in [3.8, 4) is 6.07 Å². The summed E-state index contributed by atoms with van der Waals surface area (Å²) >= 11 is 0. The zero-order valence-corrected chi connectivity index (χ0v) is 12.5. The number of hydrogen-bond acceptors (Lipinski definition) is 6. The second-order valence-corrected chi connectivity index (χ2v) is 5.84. The van der Waals surface area contributed by atoms with Crippen LogP contribution < -0.4 is 11.2 Å². The fourth-order valence-corrected chi connectivity index (χ4v) is 3.04. The van der Waals surface area contributed by atoms with Gasteiger partial charge in [0, 0.05) is 6.07 Å². The maximum Gasteiger partial charge on any atom is 0.331 e. The van der Waals surface area contributed by atoms with E-state index in [2.05, 4.69) is 4.98 Å². The summed E-state index contributed by atoms with van der Waals surface area (Å²) in [5.41, 5.74) is -1.39. The number of nitrogens with one attached hydrogen (secondary N) is 1. The molecule has 3 rings (SSSR count). The highest BCUT2D eigenvalue weighted by molar-refractivity contribution is 5.20. The summed E-state index contributed by atoms with van der Waals surface area (Å²) in [6.07, 6.45) is -1.22. The molecule has 22 heavy (non-hydrogen) atoms. The Bertz CT molecular complexity index is 744. The van der Waals surface area contributed by atoms with Gasteiger partial charge in [-0.1, -0.05) is 6.92 Å². The van der Waals surface area contributed by atoms with Gasteiger partial charge < -0.3 is 14.2 Å². The van der Waals surface area contributed by atoms with Crippen LogP contribution in [0.1, 0.15) is 39.1 Å². The van der Waals surface area contributed by atoms with Gasteiger partial charge in [0.1, 0.15) is 24.0 Å². The molecular weight excluding hydrogens is 290 g/mol. The Labute approximate surface area is 126 Å². The second-order valence-electron chi connectivity index (χ2n) is 5.84. The van der Waals surface area contributed by atoms with Crippen molar-refractivity contribution in [2.45, 2.75) is 57.5 Å². The van der Waals surface area contributed by atoms with Crippen LogP contribution in [0.15, 0.2) is 15.7 Å². The summed E-state index contributed by atoms with van der Waals surface area (Å²) in [6, 6.07) is 2.92. The molecule has 2 aliphatic heterocycles. The second kappa shape index (κ2) is 5.05. The van der Waals surface area contributed by atoms with Crippen molar-refractivity contribution in [2.24, 2.45) is 0 Å². The molecule has 2 saturated heterocycles. The number of fused-ring (bicyclic) bond motifs is 1. The normalized spacial score (nSPS) is 32.6. The van der Waals surface area contributed by atoms with Crippen LogP contribution in [0.25, 0.3) is 0 Å². The van der Waals surface area contributed by atoms with E-state index >= 15 is 0 Å². The number of nitrogens with zero attached hydrogens (tertiary/aromatic N) is 2. The Kier molecular flexibility index (Phi) is 3.44. The van der Waals surface area contributed by atoms with E-state index in [0.717, 1.165) is 10.6 Å². The number of rotatable bonds is 2. The third-order valence-electron chi connectivity index (χ3n) is 3.87. The Balaban J connectivity index is 2.08. The van der Waals surface area contributed by atoms with Crippen LogP contribution in [0.2, 0.25) is 0 Å². The van der Waals surface area contributed by atoms with Crippen molar-refractivity contribution >= 4 is 0 Å². The summed E-state index contributed by atoms with van der Waals surface area (Å²) < 4.78 is 18.7. The Morgan fingerprint density at radius 1 is 1.36 bits per heavy atom. The van der Waals surface area contributed by atoms with Crippen molar-refractivity contribution in [1.82, 2.24) is 9.55 Å². The Hall–Kier alpha value is -1.95. The molecule has 1 N–H and O–H groups in total. The lowest BCUT2D eigenvalue weighted by Gasteiger charge is -2.24. The van der Waals surface area contributed by atoms with E-state index in [0.29, 0.717) is 6.42 Å². The van der Waals surface area contributed by atoms with Crippen molar-refractivity contribution in [3.05, 3.63) is 32.6 Å². The van der Waals surface area contributed by atoms with Gasteiger partial charge in [0.2, 0.25) is 0 Å². The third-order valence-corrected chi connectivity index (χ3v) is 3.87. The Morgan fingerprint density at radius 2 is 2.05 bits per heavy atom. The number of aromatic amines is 1. The molecule has 0 saturated carbocycles. The standard InChI is InChI=1S/C14H17N3O5/c1-4-8-10-11(22-14(2,3)21-10)12(20-8)17-7(6-15)5-9(18)16-13(17)19/h5,8,10-12H,4H2,1-3H3,(H,16,18,19)/t8-,10+,11?,12-/m1/s1. The van der Waals surface area contributed by atoms with Gasteiger partial charge in [0.15, 0.2) is 12.0 Å². The van der Waals surface area contributed by atoms with Gasteiger partial charge in [0.05, 0.1) is 6.10 Å². The van der Waals surface area contributed by atoms with Gasteiger partial charge in [-0.25, -0.2) is 4.79 Å². The van der Waals surface area contributed by atoms with E-state index in [-0.39, 0.29) is 17.9 Å². The highest BCUT2D eigenvalue weighted by Gasteiger charge is 2.55. The van der Waals surface area contributed by atoms with E-state index in [1.165, 1.54) is 0 Å². The van der Waals surface area contributed by atoms with Crippen molar-refractivity contribution in [1.29, 1.82) is 5.26 Å². The molecule has 0 spiro atoms. The van der Waals surface area contributed by atoms with Gasteiger partial charge in [-0.3, -0.25) is 14.3 Å². The molecule has 0 amide bonds. The molecule has 118 valence electrons. The molecule has 0 aromatic carbocycles. The van der Waals surface area contributed by atoms with Crippen molar-refractivity contribution in [2.75, 3.05) is 0 Å². The van der Waals surface area contributed by atoms with Crippen LogP contribution >= 0.6 is 0 Å². The molecule has 8 heteroatoms. The summed E-state index contributed by atoms with van der Waals surface area (Å²) in [5.74, 6) is -0.788. The molecule has 1 aromatic rings. The smallest absolute Gasteiger partial charge is 0.331 e. The predicted molar refractivity (Wildman–Crippen MR) is 74.1 cm³/mol. The lowest BCUT2D eigenvalue weighted by atomic mass is 10.1. The molecular formula is C14H17N3O5. The van der Waals surface area contributed by atoms with Crippen LogP contribution in [-0.4, -0.2) is 33.7 Å². The number of H-pyrrole nitrogens is 1. The lowest BCUT2D eigenvalue weighted by Crippen LogP contribution is -2.39. The predicted octanol–water partition coefficient (Wildman–Crippen LogP) is 0.236. The van der Waals surface area contributed by atoms with Crippen molar-refractivity contribution < 1.29 is 14.2 Å². The first-order chi connectivity index (χ1) is 10.4. The maximum absolute atomic E-state index is 12.1. The van der Waals surface area contributed by atoms with E-state index in [9.17, 15) is 14.9 Å². The molecule has 1 unspecified atom stereocenters. The molecule has 1 aromatic heterocycles. The van der Waals surface area contributed by atoms with E-state index < -0.39 is 29.4 Å². The first kappa shape index (κ1) is 15.0. The molecule has 4 atom stereocenters. The highest BCUT2D eigenvalue weighted by Crippen LogP contribution is 2.43. The zero-order valence-electron chi connectivity index (χ0n) is 12.5. The minimum Gasteiger partial charge on any atom is -0.349 e. The zero-order chi connectivity index (χ0) is 16.1. The number of nitriles is 1. The summed E-state index contributed by atoms with van der Waals surface area (Å²) in [6.45, 7) is 5.52. The van der Waals surface area contributed by atoms with E-state index in [1.807, 2.05) is 13.0 Å².